The van der Waals surface area contributed by atoms with Gasteiger partial charge in [0, 0.05) is 12.2 Å². The van der Waals surface area contributed by atoms with Crippen molar-refractivity contribution in [1.29, 1.82) is 0 Å². The molecule has 1 N–H and O–H groups in total. The molecular formula is C22H26N2O3S. The topological polar surface area (TPSA) is 58.6 Å². The van der Waals surface area contributed by atoms with Crippen molar-refractivity contribution in [3.63, 3.8) is 0 Å². The fourth-order valence-electron chi connectivity index (χ4n) is 3.47. The molecule has 2 aromatic rings. The van der Waals surface area contributed by atoms with Crippen LogP contribution >= 0.6 is 11.8 Å². The number of hydrogen-bond acceptors (Lipinski definition) is 4. The number of nitrogens with zero attached hydrogens (tertiary/aromatic N) is 1. The van der Waals surface area contributed by atoms with Crippen molar-refractivity contribution in [2.24, 2.45) is 0 Å². The molecule has 3 rings (SSSR count). The van der Waals surface area contributed by atoms with Crippen LogP contribution in [0.2, 0.25) is 0 Å². The second-order valence-electron chi connectivity index (χ2n) is 6.93. The average Bonchev–Trinajstić information content (AvgIpc) is 3.18. The zero-order chi connectivity index (χ0) is 19.9. The van der Waals surface area contributed by atoms with Gasteiger partial charge in [0.1, 0.15) is 5.75 Å². The Bertz CT molecular complexity index is 823. The van der Waals surface area contributed by atoms with Gasteiger partial charge in [0.25, 0.3) is 0 Å². The third-order valence-corrected chi connectivity index (χ3v) is 5.75. The van der Waals surface area contributed by atoms with Gasteiger partial charge in [0.2, 0.25) is 11.8 Å². The largest absolute Gasteiger partial charge is 0.497 e. The number of methoxy groups -OCH3 is 1. The molecule has 0 bridgehead atoms. The number of aryl methyl sites for hydroxylation is 1. The summed E-state index contributed by atoms with van der Waals surface area (Å²) >= 11 is 1.36. The molecule has 148 valence electrons. The van der Waals surface area contributed by atoms with E-state index in [0.717, 1.165) is 42.0 Å². The number of amides is 2. The number of thioether (sulfide) groups is 1. The number of benzene rings is 2. The number of anilines is 1. The number of ether oxygens (including phenoxy) is 1. The summed E-state index contributed by atoms with van der Waals surface area (Å²) in [5.41, 5.74) is 3.02. The molecule has 0 spiro atoms. The van der Waals surface area contributed by atoms with Gasteiger partial charge in [-0.1, -0.05) is 24.3 Å². The predicted molar refractivity (Wildman–Crippen MR) is 114 cm³/mol. The van der Waals surface area contributed by atoms with Crippen molar-refractivity contribution in [2.75, 3.05) is 30.5 Å². The first kappa shape index (κ1) is 20.3. The van der Waals surface area contributed by atoms with Crippen molar-refractivity contribution in [3.05, 3.63) is 59.7 Å². The number of nitrogens with one attached hydrogen (secondary N) is 1. The second-order valence-corrected chi connectivity index (χ2v) is 7.91. The molecule has 1 saturated heterocycles. The van der Waals surface area contributed by atoms with Gasteiger partial charge in [0.05, 0.1) is 24.7 Å². The van der Waals surface area contributed by atoms with Crippen LogP contribution in [-0.2, 0) is 9.59 Å². The lowest BCUT2D eigenvalue weighted by molar-refractivity contribution is -0.129. The predicted octanol–water partition coefficient (Wildman–Crippen LogP) is 4.04. The number of hydrogen-bond donors (Lipinski definition) is 1. The highest BCUT2D eigenvalue weighted by Gasteiger charge is 2.29. The zero-order valence-electron chi connectivity index (χ0n) is 16.3. The van der Waals surface area contributed by atoms with Crippen LogP contribution in [0.3, 0.4) is 0 Å². The lowest BCUT2D eigenvalue weighted by Gasteiger charge is -2.25. The lowest BCUT2D eigenvalue weighted by atomic mass is 10.0. The molecule has 0 aromatic heterocycles. The maximum Gasteiger partial charge on any atom is 0.234 e. The number of rotatable bonds is 7. The molecule has 1 fully saturated rings. The molecule has 1 heterocycles. The summed E-state index contributed by atoms with van der Waals surface area (Å²) in [5.74, 6) is 1.40. The third-order valence-electron chi connectivity index (χ3n) is 4.83. The Hall–Kier alpha value is -2.47. The highest BCUT2D eigenvalue weighted by Crippen LogP contribution is 2.33. The van der Waals surface area contributed by atoms with Crippen LogP contribution in [-0.4, -0.2) is 41.9 Å². The first-order valence-corrected chi connectivity index (χ1v) is 10.6. The molecule has 2 aromatic carbocycles. The molecule has 0 radical (unpaired) electrons. The van der Waals surface area contributed by atoms with E-state index in [1.165, 1.54) is 11.8 Å². The van der Waals surface area contributed by atoms with Gasteiger partial charge in [-0.3, -0.25) is 9.59 Å². The molecule has 1 aliphatic heterocycles. The normalized spacial score (nSPS) is 16.1. The average molecular weight is 399 g/mol. The Morgan fingerprint density at radius 3 is 2.68 bits per heavy atom. The van der Waals surface area contributed by atoms with E-state index in [2.05, 4.69) is 5.32 Å². The molecule has 0 saturated carbocycles. The Labute approximate surface area is 170 Å². The maximum absolute atomic E-state index is 12.7. The van der Waals surface area contributed by atoms with E-state index in [0.29, 0.717) is 5.75 Å². The van der Waals surface area contributed by atoms with Crippen molar-refractivity contribution in [1.82, 2.24) is 4.90 Å². The minimum atomic E-state index is -0.0865. The van der Waals surface area contributed by atoms with Crippen LogP contribution in [0.1, 0.15) is 30.0 Å². The second kappa shape index (κ2) is 9.64. The van der Waals surface area contributed by atoms with E-state index in [1.807, 2.05) is 60.4 Å². The van der Waals surface area contributed by atoms with E-state index in [1.54, 1.807) is 7.11 Å². The number of likely N-dealkylation sites (tertiary alicyclic amines) is 1. The first-order valence-electron chi connectivity index (χ1n) is 9.44. The van der Waals surface area contributed by atoms with Crippen LogP contribution in [0.5, 0.6) is 5.75 Å². The zero-order valence-corrected chi connectivity index (χ0v) is 17.1. The van der Waals surface area contributed by atoms with Crippen molar-refractivity contribution in [2.45, 2.75) is 25.8 Å². The minimum absolute atomic E-state index is 0.0865. The molecule has 1 atom stereocenters. The highest BCUT2D eigenvalue weighted by atomic mass is 32.2. The van der Waals surface area contributed by atoms with Crippen molar-refractivity contribution in [3.8, 4) is 5.75 Å². The van der Waals surface area contributed by atoms with Crippen LogP contribution in [0.4, 0.5) is 5.69 Å². The van der Waals surface area contributed by atoms with Gasteiger partial charge < -0.3 is 15.0 Å². The molecule has 1 aliphatic rings. The van der Waals surface area contributed by atoms with Gasteiger partial charge in [0.15, 0.2) is 0 Å². The smallest absolute Gasteiger partial charge is 0.234 e. The molecule has 0 aliphatic carbocycles. The SMILES string of the molecule is COc1ccc([C@@H]2CCCN2C(=O)CSCC(=O)Nc2cccc(C)c2)cc1. The van der Waals surface area contributed by atoms with Crippen molar-refractivity contribution >= 4 is 29.3 Å². The third kappa shape index (κ3) is 5.29. The van der Waals surface area contributed by atoms with Gasteiger partial charge in [-0.2, -0.15) is 0 Å². The fraction of sp³-hybridized carbons (Fsp3) is 0.364. The minimum Gasteiger partial charge on any atom is -0.497 e. The van der Waals surface area contributed by atoms with E-state index < -0.39 is 0 Å². The summed E-state index contributed by atoms with van der Waals surface area (Å²) in [6, 6.07) is 15.7. The Morgan fingerprint density at radius 2 is 1.96 bits per heavy atom. The summed E-state index contributed by atoms with van der Waals surface area (Å²) in [5, 5.41) is 2.87. The molecule has 0 unspecified atom stereocenters. The molecule has 6 heteroatoms. The summed E-state index contributed by atoms with van der Waals surface area (Å²) in [4.78, 5) is 26.7. The number of carbonyl (C=O) groups is 2. The summed E-state index contributed by atoms with van der Waals surface area (Å²) in [7, 11) is 1.65. The summed E-state index contributed by atoms with van der Waals surface area (Å²) in [6.07, 6.45) is 1.97. The Kier molecular flexibility index (Phi) is 6.98. The Balaban J connectivity index is 1.48. The van der Waals surface area contributed by atoms with Crippen LogP contribution in [0.25, 0.3) is 0 Å². The quantitative estimate of drug-likeness (QED) is 0.765. The van der Waals surface area contributed by atoms with Gasteiger partial charge in [-0.15, -0.1) is 11.8 Å². The van der Waals surface area contributed by atoms with Crippen molar-refractivity contribution < 1.29 is 14.3 Å². The van der Waals surface area contributed by atoms with E-state index in [9.17, 15) is 9.59 Å². The monoisotopic (exact) mass is 398 g/mol. The first-order chi connectivity index (χ1) is 13.6. The van der Waals surface area contributed by atoms with Crippen LogP contribution in [0, 0.1) is 6.92 Å². The summed E-state index contributed by atoms with van der Waals surface area (Å²) in [6.45, 7) is 2.75. The van der Waals surface area contributed by atoms with E-state index in [4.69, 9.17) is 4.74 Å². The Morgan fingerprint density at radius 1 is 1.18 bits per heavy atom. The fourth-order valence-corrected chi connectivity index (χ4v) is 4.17. The highest BCUT2D eigenvalue weighted by molar-refractivity contribution is 8.00. The maximum atomic E-state index is 12.7. The van der Waals surface area contributed by atoms with Crippen LogP contribution in [0.15, 0.2) is 48.5 Å². The van der Waals surface area contributed by atoms with E-state index in [-0.39, 0.29) is 23.6 Å². The lowest BCUT2D eigenvalue weighted by Crippen LogP contribution is -2.32. The van der Waals surface area contributed by atoms with Gasteiger partial charge in [-0.05, 0) is 55.2 Å². The molecular weight excluding hydrogens is 372 g/mol. The molecule has 28 heavy (non-hydrogen) atoms. The summed E-state index contributed by atoms with van der Waals surface area (Å²) < 4.78 is 5.21. The van der Waals surface area contributed by atoms with Gasteiger partial charge in [-0.25, -0.2) is 0 Å². The molecule has 2 amide bonds. The number of carbonyl (C=O) groups excluding carboxylic acids is 2. The van der Waals surface area contributed by atoms with E-state index >= 15 is 0 Å². The molecule has 5 nitrogen and oxygen atoms in total. The van der Waals surface area contributed by atoms with Crippen LogP contribution < -0.4 is 10.1 Å². The van der Waals surface area contributed by atoms with Gasteiger partial charge >= 0.3 is 0 Å². The standard InChI is InChI=1S/C22H26N2O3S/c1-16-5-3-6-18(13-16)23-21(25)14-28-15-22(26)24-12-4-7-20(24)17-8-10-19(27-2)11-9-17/h3,5-6,8-11,13,20H,4,7,12,14-15H2,1-2H3,(H,23,25)/t20-/m0/s1.